The van der Waals surface area contributed by atoms with E-state index in [1.165, 1.54) is 361 Å². The maximum atomic E-state index is 8.68. The zero-order chi connectivity index (χ0) is 98.8. The molecule has 5 saturated carbocycles. The average Bonchev–Trinajstić information content (AvgIpc) is 1.55. The van der Waals surface area contributed by atoms with E-state index >= 15 is 0 Å². The van der Waals surface area contributed by atoms with Gasteiger partial charge in [-0.3, -0.25) is 0 Å². The maximum absolute atomic E-state index is 8.68. The highest BCUT2D eigenvalue weighted by Gasteiger charge is 2.32. The quantitative estimate of drug-likeness (QED) is 0.0810. The molecule has 10 aromatic carbocycles. The summed E-state index contributed by atoms with van der Waals surface area (Å²) in [5.41, 5.74) is 44.5. The van der Waals surface area contributed by atoms with Gasteiger partial charge < -0.3 is 0 Å². The highest BCUT2D eigenvalue weighted by atomic mass is 15.0. The lowest BCUT2D eigenvalue weighted by molar-refractivity contribution is -0.665. The van der Waals surface area contributed by atoms with Gasteiger partial charge in [-0.1, -0.05) is 243 Å². The third-order valence-electron chi connectivity index (χ3n) is 33.8. The van der Waals surface area contributed by atoms with Gasteiger partial charge in [0.05, 0.1) is 43.6 Å². The number of aryl methyl sites for hydroxylation is 10. The molecule has 20 rings (SSSR count). The molecule has 0 aliphatic heterocycles. The van der Waals surface area contributed by atoms with Crippen LogP contribution in [0.4, 0.5) is 0 Å². The average molecular weight is 1840 g/mol. The Balaban J connectivity index is 0.000000126. The lowest BCUT2D eigenvalue weighted by Crippen LogP contribution is -2.35. The van der Waals surface area contributed by atoms with Crippen molar-refractivity contribution in [3.63, 3.8) is 0 Å². The number of rotatable bonds is 17. The van der Waals surface area contributed by atoms with E-state index in [2.05, 4.69) is 384 Å². The number of fused-ring (bicyclic) bond motifs is 5. The van der Waals surface area contributed by atoms with Crippen molar-refractivity contribution in [2.24, 2.45) is 35.2 Å². The van der Waals surface area contributed by atoms with E-state index in [4.69, 9.17) is 1.37 Å². The van der Waals surface area contributed by atoms with Gasteiger partial charge in [0.25, 0.3) is 0 Å². The Morgan fingerprint density at radius 1 is 0.261 bits per heavy atom. The van der Waals surface area contributed by atoms with Gasteiger partial charge in [0.2, 0.25) is 28.5 Å². The smallest absolute Gasteiger partial charge is 0.200 e. The summed E-state index contributed by atoms with van der Waals surface area (Å²) in [6.45, 7) is 47.5. The van der Waals surface area contributed by atoms with Crippen LogP contribution in [0.15, 0.2) is 200 Å². The Labute approximate surface area is 833 Å². The molecule has 0 bridgehead atoms. The van der Waals surface area contributed by atoms with Crippen LogP contribution in [0.3, 0.4) is 0 Å². The molecule has 5 aromatic heterocycles. The van der Waals surface area contributed by atoms with E-state index in [1.54, 1.807) is 0 Å². The van der Waals surface area contributed by atoms with Crippen LogP contribution in [-0.4, -0.2) is 0 Å². The molecule has 5 aliphatic carbocycles. The largest absolute Gasteiger partial charge is 0.220 e. The lowest BCUT2D eigenvalue weighted by Gasteiger charge is -2.19. The Kier molecular flexibility index (Phi) is 31.2. The van der Waals surface area contributed by atoms with Crippen LogP contribution in [-0.2, 0) is 54.5 Å². The van der Waals surface area contributed by atoms with Crippen molar-refractivity contribution >= 4 is 53.9 Å². The van der Waals surface area contributed by atoms with Crippen molar-refractivity contribution in [3.05, 3.63) is 323 Å². The maximum Gasteiger partial charge on any atom is 0.220 e. The van der Waals surface area contributed by atoms with Crippen molar-refractivity contribution < 1.29 is 24.2 Å². The molecule has 0 spiro atoms. The normalized spacial score (nSPS) is 15.2. The fourth-order valence-corrected chi connectivity index (χ4v) is 24.4. The molecule has 5 fully saturated rings. The van der Waals surface area contributed by atoms with Crippen molar-refractivity contribution in [2.75, 3.05) is 0 Å². The molecule has 718 valence electrons. The first-order chi connectivity index (χ1) is 66.7. The minimum atomic E-state index is 0.478. The third-order valence-corrected chi connectivity index (χ3v) is 33.8. The highest BCUT2D eigenvalue weighted by Crippen LogP contribution is 2.46. The second-order valence-electron chi connectivity index (χ2n) is 44.2. The second-order valence-corrected chi connectivity index (χ2v) is 44.2. The molecule has 0 saturated heterocycles. The zero-order valence-corrected chi connectivity index (χ0v) is 89.7. The highest BCUT2D eigenvalue weighted by molar-refractivity contribution is 5.99. The fraction of sp³-hybridized carbons (Fsp3) is 0.436. The third kappa shape index (κ3) is 21.2. The van der Waals surface area contributed by atoms with Gasteiger partial charge in [-0.15, -0.1) is 0 Å². The lowest BCUT2D eigenvalue weighted by atomic mass is 9.86. The molecule has 0 radical (unpaired) electrons. The van der Waals surface area contributed by atoms with Gasteiger partial charge in [0, 0.05) is 69.2 Å². The van der Waals surface area contributed by atoms with Gasteiger partial charge in [-0.25, -0.2) is 4.57 Å². The molecule has 0 N–H and O–H groups in total. The van der Waals surface area contributed by atoms with Gasteiger partial charge in [0.1, 0.15) is 36.6 Å². The zero-order valence-electron chi connectivity index (χ0n) is 90.7. The van der Waals surface area contributed by atoms with Crippen LogP contribution in [0.1, 0.15) is 382 Å². The summed E-state index contributed by atoms with van der Waals surface area (Å²) >= 11 is 0. The molecule has 5 aliphatic rings. The summed E-state index contributed by atoms with van der Waals surface area (Å²) in [7, 11) is 10.9. The summed E-state index contributed by atoms with van der Waals surface area (Å²) in [5, 5.41) is 13.5. The fourth-order valence-electron chi connectivity index (χ4n) is 24.4. The van der Waals surface area contributed by atoms with E-state index in [1.807, 2.05) is 13.1 Å². The number of pyridine rings is 5. The Bertz CT molecular complexity index is 6950. The summed E-state index contributed by atoms with van der Waals surface area (Å²) < 4.78 is 20.2. The van der Waals surface area contributed by atoms with E-state index < -0.39 is 0 Å². The van der Waals surface area contributed by atoms with Gasteiger partial charge in [-0.05, 0) is 366 Å². The number of hydrogen-bond donors (Lipinski definition) is 0. The van der Waals surface area contributed by atoms with Crippen LogP contribution in [0.5, 0.6) is 0 Å². The summed E-state index contributed by atoms with van der Waals surface area (Å²) in [6.07, 6.45) is 31.1. The molecule has 138 heavy (non-hydrogen) atoms. The van der Waals surface area contributed by atoms with E-state index in [0.717, 1.165) is 42.9 Å². The standard InChI is InChI=1S/C28H36N.2C27H34N.C26H32N.C25H30N/c1-18(2)24-16-26(19(3)4)20(5)27(17-24)28-25-12-11-22(21-9-7-8-10-21)15-23(25)13-14-29(28)6;1-17(2)23-13-18(3)20(5)26(16-23)27-25-12-11-22(21-9-7-8-10-21)15-24(25)14-19(4)28(27)6;1-6-20-15-21(7-2)19(4)26(16-20)27-25-13-12-23(22-10-8-9-11-22)17-24(25)14-18(3)28(27)5;1-17(2)21-11-10-18(3)25(16-21)26-24-13-12-22(20-8-6-7-9-20)15-23(24)14-19(4)27(26)5;1-5-19-11-10-17(2)24(15-19)25-23-13-12-21(20-8-6-7-9-20)16-22(23)14-18(3)26(25)4/h11-19,21H,7-10H2,1-6H3;11-17,21H,7-10H2,1-6H3;12-17,22H,6-11H2,1-5H3;10-17,20H,6-9H2,1-5H3;10-16,20H,5-9H2,1-4H3/q5*+1/i14D;;;;. The topological polar surface area (TPSA) is 19.4 Å². The van der Waals surface area contributed by atoms with Crippen LogP contribution in [0, 0.1) is 69.2 Å². The van der Waals surface area contributed by atoms with Crippen LogP contribution >= 0.6 is 0 Å². The van der Waals surface area contributed by atoms with Gasteiger partial charge >= 0.3 is 0 Å². The molecule has 5 heteroatoms. The number of hydrogen-bond acceptors (Lipinski definition) is 0. The second kappa shape index (κ2) is 43.6. The number of benzene rings is 10. The minimum Gasteiger partial charge on any atom is -0.200 e. The first kappa shape index (κ1) is 98.8. The Hall–Kier alpha value is -10.8. The van der Waals surface area contributed by atoms with Crippen molar-refractivity contribution in [2.45, 2.75) is 346 Å². The number of aromatic nitrogens is 5. The molecule has 15 aromatic rings. The van der Waals surface area contributed by atoms with Gasteiger partial charge in [0.15, 0.2) is 28.9 Å². The van der Waals surface area contributed by atoms with Crippen LogP contribution in [0.25, 0.3) is 110 Å². The number of nitrogens with zero attached hydrogens (tertiary/aromatic N) is 5. The van der Waals surface area contributed by atoms with Crippen LogP contribution in [0.2, 0.25) is 0 Å². The van der Waals surface area contributed by atoms with E-state index in [-0.39, 0.29) is 0 Å². The first-order valence-corrected chi connectivity index (χ1v) is 54.0. The predicted molar refractivity (Wildman–Crippen MR) is 591 cm³/mol. The molecule has 0 unspecified atom stereocenters. The van der Waals surface area contributed by atoms with E-state index in [0.29, 0.717) is 35.8 Å². The van der Waals surface area contributed by atoms with Gasteiger partial charge in [-0.2, -0.15) is 18.3 Å². The monoisotopic (exact) mass is 1830 g/mol. The molecular weight excluding hydrogens is 1670 g/mol. The molecule has 0 atom stereocenters. The predicted octanol–water partition coefficient (Wildman–Crippen LogP) is 34.2. The van der Waals surface area contributed by atoms with Crippen molar-refractivity contribution in [1.29, 1.82) is 0 Å². The summed E-state index contributed by atoms with van der Waals surface area (Å²) in [6, 6.07) is 75.7. The summed E-state index contributed by atoms with van der Waals surface area (Å²) in [5.74, 6) is 5.78. The van der Waals surface area contributed by atoms with Crippen molar-refractivity contribution in [3.8, 4) is 56.3 Å². The SMILES string of the molecule is CCc1cc(CC)c(C)c(-c2c3ccc(C4CCCC4)cc3cc(C)[n+]2C)c1.CCc1ccc(C)c(-c2c3ccc(C4CCCC4)cc3cc(C)[n+]2C)c1.Cc1cc(C(C)C)cc(-c2c3ccc(C4CCCC4)cc3cc(C)[n+]2C)c1C.Cc1ccc(C(C)C)cc1-c1c2ccc(C3CCCC3)cc2cc(C)[n+]1C.[2H]c1cc2cc(C3CCCC3)ccc2c(-c2cc(C(C)C)cc(C(C)C)c2C)[n+]1C. The first-order valence-electron chi connectivity index (χ1n) is 54.5. The molecular formula is C133H166N5+5. The Morgan fingerprint density at radius 3 is 0.928 bits per heavy atom. The molecule has 0 amide bonds. The van der Waals surface area contributed by atoms with E-state index in [9.17, 15) is 0 Å². The summed E-state index contributed by atoms with van der Waals surface area (Å²) in [4.78, 5) is 0. The minimum absolute atomic E-state index is 0.478. The Morgan fingerprint density at radius 2 is 0.572 bits per heavy atom. The molecule has 5 nitrogen and oxygen atoms in total. The van der Waals surface area contributed by atoms with Crippen LogP contribution < -0.4 is 22.8 Å². The van der Waals surface area contributed by atoms with Crippen molar-refractivity contribution in [1.82, 2.24) is 0 Å². The molecule has 5 heterocycles.